The normalized spacial score (nSPS) is 20.2. The Morgan fingerprint density at radius 3 is 3.00 bits per heavy atom. The Labute approximate surface area is 133 Å². The van der Waals surface area contributed by atoms with Crippen LogP contribution < -0.4 is 4.74 Å². The number of carbonyl (C=O) groups excluding carboxylic acids is 1. The van der Waals surface area contributed by atoms with Gasteiger partial charge >= 0.3 is 0 Å². The smallest absolute Gasteiger partial charge is 0.263 e. The molecule has 1 aromatic carbocycles. The van der Waals surface area contributed by atoms with Gasteiger partial charge in [-0.3, -0.25) is 4.79 Å². The molecule has 5 nitrogen and oxygen atoms in total. The molecule has 21 heavy (non-hydrogen) atoms. The zero-order valence-electron chi connectivity index (χ0n) is 11.6. The van der Waals surface area contributed by atoms with Gasteiger partial charge in [0.2, 0.25) is 0 Å². The third-order valence-corrected chi connectivity index (χ3v) is 3.80. The van der Waals surface area contributed by atoms with Crippen LogP contribution in [0.25, 0.3) is 0 Å². The van der Waals surface area contributed by atoms with E-state index in [9.17, 15) is 9.90 Å². The molecule has 7 heteroatoms. The molecule has 2 unspecified atom stereocenters. The summed E-state index contributed by atoms with van der Waals surface area (Å²) in [5.41, 5.74) is 0. The van der Waals surface area contributed by atoms with Crippen molar-refractivity contribution in [3.8, 4) is 5.75 Å². The Hall–Kier alpha value is -1.01. The third-order valence-electron chi connectivity index (χ3n) is 3.27. The molecular weight excluding hydrogens is 317 g/mol. The molecule has 0 bridgehead atoms. The minimum atomic E-state index is -0.712. The van der Waals surface area contributed by atoms with Gasteiger partial charge < -0.3 is 19.5 Å². The van der Waals surface area contributed by atoms with Gasteiger partial charge in [-0.1, -0.05) is 23.2 Å². The molecule has 116 valence electrons. The quantitative estimate of drug-likeness (QED) is 0.915. The lowest BCUT2D eigenvalue weighted by Gasteiger charge is -2.36. The maximum absolute atomic E-state index is 12.4. The fourth-order valence-electron chi connectivity index (χ4n) is 2.14. The first-order valence-electron chi connectivity index (χ1n) is 6.63. The molecule has 0 spiro atoms. The fourth-order valence-corrected chi connectivity index (χ4v) is 2.59. The standard InChI is InChI=1S/C14H17Cl2NO4/c1-9(21-13-3-2-10(15)6-12(13)16)14(19)17-4-5-20-8-11(17)7-18/h2-3,6,9,11,18H,4-5,7-8H2,1H3. The molecule has 0 saturated carbocycles. The van der Waals surface area contributed by atoms with E-state index in [2.05, 4.69) is 0 Å². The summed E-state index contributed by atoms with van der Waals surface area (Å²) >= 11 is 11.8. The first kappa shape index (κ1) is 16.4. The van der Waals surface area contributed by atoms with Gasteiger partial charge in [-0.05, 0) is 25.1 Å². The second-order valence-electron chi connectivity index (χ2n) is 4.78. The maximum Gasteiger partial charge on any atom is 0.263 e. The predicted octanol–water partition coefficient (Wildman–Crippen LogP) is 1.98. The molecule has 1 aliphatic rings. The number of rotatable bonds is 4. The van der Waals surface area contributed by atoms with E-state index in [0.29, 0.717) is 35.6 Å². The van der Waals surface area contributed by atoms with Crippen LogP contribution in [0.2, 0.25) is 10.0 Å². The number of halogens is 2. The van der Waals surface area contributed by atoms with Crippen LogP contribution in [0.5, 0.6) is 5.75 Å². The minimum Gasteiger partial charge on any atom is -0.479 e. The van der Waals surface area contributed by atoms with E-state index in [1.54, 1.807) is 30.0 Å². The SMILES string of the molecule is CC(Oc1ccc(Cl)cc1Cl)C(=O)N1CCOCC1CO. The van der Waals surface area contributed by atoms with Crippen molar-refractivity contribution in [2.24, 2.45) is 0 Å². The van der Waals surface area contributed by atoms with E-state index in [-0.39, 0.29) is 18.6 Å². The van der Waals surface area contributed by atoms with Crippen LogP contribution in [-0.2, 0) is 9.53 Å². The van der Waals surface area contributed by atoms with Crippen molar-refractivity contribution in [2.45, 2.75) is 19.1 Å². The molecule has 1 N–H and O–H groups in total. The Morgan fingerprint density at radius 1 is 1.57 bits per heavy atom. The molecule has 1 saturated heterocycles. The Morgan fingerprint density at radius 2 is 2.33 bits per heavy atom. The summed E-state index contributed by atoms with van der Waals surface area (Å²) in [6.07, 6.45) is -0.712. The van der Waals surface area contributed by atoms with E-state index in [1.165, 1.54) is 0 Å². The van der Waals surface area contributed by atoms with Crippen molar-refractivity contribution in [2.75, 3.05) is 26.4 Å². The third kappa shape index (κ3) is 4.01. The lowest BCUT2D eigenvalue weighted by Crippen LogP contribution is -2.54. The van der Waals surface area contributed by atoms with E-state index < -0.39 is 6.10 Å². The second-order valence-corrected chi connectivity index (χ2v) is 5.62. The minimum absolute atomic E-state index is 0.139. The lowest BCUT2D eigenvalue weighted by atomic mass is 10.2. The van der Waals surface area contributed by atoms with Crippen LogP contribution in [0.4, 0.5) is 0 Å². The van der Waals surface area contributed by atoms with Crippen LogP contribution in [0.15, 0.2) is 18.2 Å². The largest absolute Gasteiger partial charge is 0.479 e. The van der Waals surface area contributed by atoms with E-state index in [0.717, 1.165) is 0 Å². The van der Waals surface area contributed by atoms with Crippen molar-refractivity contribution in [1.82, 2.24) is 4.90 Å². The number of hydrogen-bond acceptors (Lipinski definition) is 4. The zero-order valence-corrected chi connectivity index (χ0v) is 13.1. The van der Waals surface area contributed by atoms with Crippen LogP contribution >= 0.6 is 23.2 Å². The molecular formula is C14H17Cl2NO4. The lowest BCUT2D eigenvalue weighted by molar-refractivity contribution is -0.148. The highest BCUT2D eigenvalue weighted by molar-refractivity contribution is 6.35. The molecule has 1 aromatic rings. The van der Waals surface area contributed by atoms with Gasteiger partial charge in [0, 0.05) is 11.6 Å². The van der Waals surface area contributed by atoms with Crippen molar-refractivity contribution in [3.05, 3.63) is 28.2 Å². The molecule has 1 amide bonds. The number of benzene rings is 1. The van der Waals surface area contributed by atoms with E-state index >= 15 is 0 Å². The van der Waals surface area contributed by atoms with E-state index in [1.807, 2.05) is 0 Å². The van der Waals surface area contributed by atoms with Crippen LogP contribution in [0.3, 0.4) is 0 Å². The molecule has 2 atom stereocenters. The van der Waals surface area contributed by atoms with Crippen molar-refractivity contribution in [1.29, 1.82) is 0 Å². The number of carbonyl (C=O) groups is 1. The van der Waals surface area contributed by atoms with Crippen LogP contribution in [0.1, 0.15) is 6.92 Å². The number of aliphatic hydroxyl groups excluding tert-OH is 1. The van der Waals surface area contributed by atoms with Gasteiger partial charge in [0.25, 0.3) is 5.91 Å². The van der Waals surface area contributed by atoms with Crippen molar-refractivity contribution >= 4 is 29.1 Å². The number of ether oxygens (including phenoxy) is 2. The highest BCUT2D eigenvalue weighted by Gasteiger charge is 2.30. The summed E-state index contributed by atoms with van der Waals surface area (Å²) in [7, 11) is 0. The average Bonchev–Trinajstić information content (AvgIpc) is 2.49. The predicted molar refractivity (Wildman–Crippen MR) is 80.0 cm³/mol. The average molecular weight is 334 g/mol. The first-order valence-corrected chi connectivity index (χ1v) is 7.39. The first-order chi connectivity index (χ1) is 10.0. The van der Waals surface area contributed by atoms with Crippen molar-refractivity contribution < 1.29 is 19.4 Å². The summed E-state index contributed by atoms with van der Waals surface area (Å²) in [6, 6.07) is 4.49. The van der Waals surface area contributed by atoms with Gasteiger partial charge in [-0.15, -0.1) is 0 Å². The highest BCUT2D eigenvalue weighted by atomic mass is 35.5. The maximum atomic E-state index is 12.4. The summed E-state index contributed by atoms with van der Waals surface area (Å²) in [5.74, 6) is 0.194. The van der Waals surface area contributed by atoms with Crippen molar-refractivity contribution in [3.63, 3.8) is 0 Å². The molecule has 2 rings (SSSR count). The van der Waals surface area contributed by atoms with Gasteiger partial charge in [0.05, 0.1) is 30.9 Å². The highest BCUT2D eigenvalue weighted by Crippen LogP contribution is 2.28. The Bertz CT molecular complexity index is 512. The van der Waals surface area contributed by atoms with E-state index in [4.69, 9.17) is 32.7 Å². The second kappa shape index (κ2) is 7.31. The molecule has 0 radical (unpaired) electrons. The van der Waals surface area contributed by atoms with Crippen LogP contribution in [0, 0.1) is 0 Å². The number of nitrogens with zero attached hydrogens (tertiary/aromatic N) is 1. The number of amides is 1. The van der Waals surface area contributed by atoms with Crippen LogP contribution in [-0.4, -0.2) is 54.4 Å². The summed E-state index contributed by atoms with van der Waals surface area (Å²) in [6.45, 7) is 2.73. The summed E-state index contributed by atoms with van der Waals surface area (Å²) in [5, 5.41) is 10.2. The topological polar surface area (TPSA) is 59.0 Å². The molecule has 1 fully saturated rings. The molecule has 0 aromatic heterocycles. The number of hydrogen-bond donors (Lipinski definition) is 1. The fraction of sp³-hybridized carbons (Fsp3) is 0.500. The monoisotopic (exact) mass is 333 g/mol. The van der Waals surface area contributed by atoms with Gasteiger partial charge in [-0.25, -0.2) is 0 Å². The summed E-state index contributed by atoms with van der Waals surface area (Å²) < 4.78 is 10.9. The molecule has 1 heterocycles. The molecule has 0 aliphatic carbocycles. The van der Waals surface area contributed by atoms with Gasteiger partial charge in [0.1, 0.15) is 5.75 Å². The summed E-state index contributed by atoms with van der Waals surface area (Å²) in [4.78, 5) is 14.0. The van der Waals surface area contributed by atoms with Gasteiger partial charge in [-0.2, -0.15) is 0 Å². The van der Waals surface area contributed by atoms with Gasteiger partial charge in [0.15, 0.2) is 6.10 Å². The molecule has 1 aliphatic heterocycles. The Balaban J connectivity index is 2.04. The number of aliphatic hydroxyl groups is 1. The Kier molecular flexibility index (Phi) is 5.70. The zero-order chi connectivity index (χ0) is 15.4. The number of morpholine rings is 1.